The second-order valence-corrected chi connectivity index (χ2v) is 13.4. The molecule has 0 bridgehead atoms. The van der Waals surface area contributed by atoms with Crippen LogP contribution in [0.25, 0.3) is 17.0 Å². The molecule has 0 unspecified atom stereocenters. The first-order chi connectivity index (χ1) is 13.1. The maximum atomic E-state index is 11.8. The summed E-state index contributed by atoms with van der Waals surface area (Å²) in [5.74, 6) is -0.758. The van der Waals surface area contributed by atoms with Gasteiger partial charge in [0.1, 0.15) is 12.4 Å². The molecule has 0 fully saturated rings. The van der Waals surface area contributed by atoms with Crippen LogP contribution in [0.4, 0.5) is 4.79 Å². The zero-order chi connectivity index (χ0) is 20.9. The van der Waals surface area contributed by atoms with Gasteiger partial charge in [-0.3, -0.25) is 5.32 Å². The van der Waals surface area contributed by atoms with Gasteiger partial charge in [0.15, 0.2) is 0 Å². The fourth-order valence-corrected chi connectivity index (χ4v) is 3.37. The van der Waals surface area contributed by atoms with Gasteiger partial charge in [-0.05, 0) is 42.3 Å². The third kappa shape index (κ3) is 6.21. The summed E-state index contributed by atoms with van der Waals surface area (Å²) in [6.45, 7) is 9.90. The molecule has 2 N–H and O–H groups in total. The maximum absolute atomic E-state index is 11.8. The number of methoxy groups -OCH3 is 1. The second kappa shape index (κ2) is 9.02. The van der Waals surface area contributed by atoms with Crippen LogP contribution in [0.1, 0.15) is 11.1 Å². The van der Waals surface area contributed by atoms with Crippen molar-refractivity contribution in [1.29, 1.82) is 0 Å². The molecule has 0 spiro atoms. The van der Waals surface area contributed by atoms with Crippen molar-refractivity contribution >= 4 is 37.1 Å². The minimum atomic E-state index is -1.34. The predicted molar refractivity (Wildman–Crippen MR) is 110 cm³/mol. The van der Waals surface area contributed by atoms with E-state index in [0.29, 0.717) is 18.9 Å². The smallest absolute Gasteiger partial charge is 0.409 e. The number of carboxylic acid groups (broad SMARTS) is 1. The van der Waals surface area contributed by atoms with E-state index in [0.717, 1.165) is 22.5 Å². The van der Waals surface area contributed by atoms with Crippen LogP contribution in [-0.2, 0) is 21.0 Å². The van der Waals surface area contributed by atoms with Crippen LogP contribution in [-0.4, -0.2) is 48.7 Å². The number of carbonyl (C=O) groups is 2. The Hall–Kier alpha value is -2.65. The van der Waals surface area contributed by atoms with Crippen molar-refractivity contribution in [2.45, 2.75) is 39.3 Å². The molecule has 8 nitrogen and oxygen atoms in total. The molecule has 2 aromatic rings. The Kier molecular flexibility index (Phi) is 6.98. The number of hydrogen-bond donors (Lipinski definition) is 2. The summed E-state index contributed by atoms with van der Waals surface area (Å²) in [6.07, 6.45) is 1.97. The Labute approximate surface area is 165 Å². The lowest BCUT2D eigenvalue weighted by atomic mass is 10.1. The number of hydrogen-bond acceptors (Lipinski definition) is 5. The van der Waals surface area contributed by atoms with E-state index in [-0.39, 0.29) is 5.70 Å². The van der Waals surface area contributed by atoms with Crippen LogP contribution in [0.3, 0.4) is 0 Å². The highest BCUT2D eigenvalue weighted by atomic mass is 28.3. The Morgan fingerprint density at radius 1 is 1.32 bits per heavy atom. The lowest BCUT2D eigenvalue weighted by Gasteiger charge is -2.15. The second-order valence-electron chi connectivity index (χ2n) is 7.77. The van der Waals surface area contributed by atoms with E-state index in [1.165, 1.54) is 13.2 Å². The average Bonchev–Trinajstić information content (AvgIpc) is 2.99. The van der Waals surface area contributed by atoms with Crippen molar-refractivity contribution in [3.05, 3.63) is 35.2 Å². The average molecular weight is 406 g/mol. The summed E-state index contributed by atoms with van der Waals surface area (Å²) in [5, 5.41) is 16.4. The number of benzene rings is 1. The summed E-state index contributed by atoms with van der Waals surface area (Å²) in [4.78, 5) is 22.7. The number of nitrogens with zero attached hydrogens (tertiary/aromatic N) is 2. The Bertz CT molecular complexity index is 899. The highest BCUT2D eigenvalue weighted by molar-refractivity contribution is 6.76. The molecule has 1 amide bonds. The van der Waals surface area contributed by atoms with Gasteiger partial charge in [-0.25, -0.2) is 14.3 Å². The first-order valence-electron chi connectivity index (χ1n) is 8.94. The van der Waals surface area contributed by atoms with Gasteiger partial charge in [0.05, 0.1) is 12.6 Å². The van der Waals surface area contributed by atoms with Gasteiger partial charge in [-0.2, -0.15) is 5.10 Å². The minimum Gasteiger partial charge on any atom is -0.465 e. The summed E-state index contributed by atoms with van der Waals surface area (Å²) < 4.78 is 12.1. The SMILES string of the molecule is COC(=O)C(=Cc1cc(C)c2nn(COCC[Si](C)(C)C)cc2c1)NC(=O)O. The number of aromatic nitrogens is 2. The van der Waals surface area contributed by atoms with Crippen LogP contribution in [0, 0.1) is 6.92 Å². The van der Waals surface area contributed by atoms with E-state index < -0.39 is 20.1 Å². The largest absolute Gasteiger partial charge is 0.465 e. The lowest BCUT2D eigenvalue weighted by Crippen LogP contribution is -2.26. The van der Waals surface area contributed by atoms with Crippen LogP contribution >= 0.6 is 0 Å². The topological polar surface area (TPSA) is 103 Å². The quantitative estimate of drug-likeness (QED) is 0.302. The highest BCUT2D eigenvalue weighted by Crippen LogP contribution is 2.21. The van der Waals surface area contributed by atoms with E-state index in [1.807, 2.05) is 25.3 Å². The number of rotatable bonds is 8. The van der Waals surface area contributed by atoms with Crippen molar-refractivity contribution in [1.82, 2.24) is 15.1 Å². The van der Waals surface area contributed by atoms with Crippen LogP contribution in [0.5, 0.6) is 0 Å². The van der Waals surface area contributed by atoms with Crippen LogP contribution < -0.4 is 5.32 Å². The fraction of sp³-hybridized carbons (Fsp3) is 0.421. The number of amides is 1. The molecule has 152 valence electrons. The van der Waals surface area contributed by atoms with Gasteiger partial charge in [0, 0.05) is 26.3 Å². The molecule has 0 saturated heterocycles. The van der Waals surface area contributed by atoms with Gasteiger partial charge in [-0.1, -0.05) is 19.6 Å². The normalized spacial score (nSPS) is 12.2. The van der Waals surface area contributed by atoms with Crippen molar-refractivity contribution in [2.24, 2.45) is 0 Å². The molecular formula is C19H27N3O5Si. The number of aryl methyl sites for hydroxylation is 1. The fourth-order valence-electron chi connectivity index (χ4n) is 2.61. The van der Waals surface area contributed by atoms with E-state index >= 15 is 0 Å². The van der Waals surface area contributed by atoms with Crippen molar-refractivity contribution in [2.75, 3.05) is 13.7 Å². The van der Waals surface area contributed by atoms with E-state index in [1.54, 1.807) is 4.68 Å². The Morgan fingerprint density at radius 3 is 2.64 bits per heavy atom. The van der Waals surface area contributed by atoms with Gasteiger partial charge >= 0.3 is 12.1 Å². The summed E-state index contributed by atoms with van der Waals surface area (Å²) in [7, 11) is 0.0645. The number of nitrogens with one attached hydrogen (secondary N) is 1. The molecular weight excluding hydrogens is 378 g/mol. The molecule has 9 heteroatoms. The molecule has 0 aliphatic carbocycles. The first-order valence-corrected chi connectivity index (χ1v) is 12.7. The molecule has 0 atom stereocenters. The molecule has 0 aliphatic rings. The molecule has 1 heterocycles. The molecule has 0 saturated carbocycles. The van der Waals surface area contributed by atoms with Crippen LogP contribution in [0.15, 0.2) is 24.0 Å². The lowest BCUT2D eigenvalue weighted by molar-refractivity contribution is -0.136. The van der Waals surface area contributed by atoms with Gasteiger partial charge in [0.2, 0.25) is 0 Å². The zero-order valence-electron chi connectivity index (χ0n) is 16.9. The third-order valence-corrected chi connectivity index (χ3v) is 5.75. The standard InChI is InChI=1S/C19H27N3O5Si/c1-13-8-14(10-16(18(23)26-2)20-19(24)25)9-15-11-22(21-17(13)15)12-27-6-7-28(3,4)5/h8-11,20H,6-7,12H2,1-5H3,(H,24,25). The van der Waals surface area contributed by atoms with Crippen LogP contribution in [0.2, 0.25) is 25.7 Å². The molecule has 28 heavy (non-hydrogen) atoms. The third-order valence-electron chi connectivity index (χ3n) is 4.05. The first kappa shape index (κ1) is 21.6. The van der Waals surface area contributed by atoms with Crippen molar-refractivity contribution in [3.63, 3.8) is 0 Å². The monoisotopic (exact) mass is 405 g/mol. The molecule has 1 aromatic heterocycles. The van der Waals surface area contributed by atoms with E-state index in [2.05, 4.69) is 34.8 Å². The summed E-state index contributed by atoms with van der Waals surface area (Å²) >= 11 is 0. The highest BCUT2D eigenvalue weighted by Gasteiger charge is 2.14. The Balaban J connectivity index is 2.22. The van der Waals surface area contributed by atoms with Crippen molar-refractivity contribution < 1.29 is 24.2 Å². The van der Waals surface area contributed by atoms with Gasteiger partial charge < -0.3 is 14.6 Å². The minimum absolute atomic E-state index is 0.157. The maximum Gasteiger partial charge on any atom is 0.409 e. The van der Waals surface area contributed by atoms with Crippen molar-refractivity contribution in [3.8, 4) is 0 Å². The van der Waals surface area contributed by atoms with E-state index in [9.17, 15) is 9.59 Å². The molecule has 0 radical (unpaired) electrons. The molecule has 2 rings (SSSR count). The van der Waals surface area contributed by atoms with Gasteiger partial charge in [0.25, 0.3) is 0 Å². The molecule has 0 aliphatic heterocycles. The summed E-state index contributed by atoms with van der Waals surface area (Å²) in [6, 6.07) is 4.76. The number of carbonyl (C=O) groups excluding carboxylic acids is 1. The zero-order valence-corrected chi connectivity index (χ0v) is 17.9. The van der Waals surface area contributed by atoms with E-state index in [4.69, 9.17) is 9.84 Å². The van der Waals surface area contributed by atoms with Gasteiger partial charge in [-0.15, -0.1) is 0 Å². The Morgan fingerprint density at radius 2 is 2.04 bits per heavy atom. The number of fused-ring (bicyclic) bond motifs is 1. The summed E-state index contributed by atoms with van der Waals surface area (Å²) in [5.41, 5.74) is 2.25. The number of ether oxygens (including phenoxy) is 2. The predicted octanol–water partition coefficient (Wildman–Crippen LogP) is 3.44. The number of esters is 1. The molecule has 1 aromatic carbocycles.